The zero-order valence-corrected chi connectivity index (χ0v) is 8.46. The summed E-state index contributed by atoms with van der Waals surface area (Å²) in [5.74, 6) is 0. The van der Waals surface area contributed by atoms with Crippen LogP contribution in [0.4, 0.5) is 0 Å². The highest BCUT2D eigenvalue weighted by atomic mass is 16.5. The Morgan fingerprint density at radius 3 is 2.43 bits per heavy atom. The molecule has 0 amide bonds. The molecular formula is C9H19NO4. The standard InChI is InChI=1S/C9H19NO4/c1-2-14-6-7(11)3-10-4-8(12)9(13)5-10/h7-9,11-13H,2-6H2,1H3. The van der Waals surface area contributed by atoms with Crippen molar-refractivity contribution in [3.8, 4) is 0 Å². The van der Waals surface area contributed by atoms with Gasteiger partial charge >= 0.3 is 0 Å². The van der Waals surface area contributed by atoms with Crippen molar-refractivity contribution in [1.82, 2.24) is 4.90 Å². The second-order valence-electron chi connectivity index (χ2n) is 3.67. The van der Waals surface area contributed by atoms with E-state index in [-0.39, 0.29) is 0 Å². The first-order valence-electron chi connectivity index (χ1n) is 4.97. The van der Waals surface area contributed by atoms with E-state index in [1.165, 1.54) is 0 Å². The molecule has 3 unspecified atom stereocenters. The molecule has 5 heteroatoms. The zero-order valence-electron chi connectivity index (χ0n) is 8.46. The van der Waals surface area contributed by atoms with E-state index in [0.29, 0.717) is 32.8 Å². The lowest BCUT2D eigenvalue weighted by atomic mass is 10.3. The summed E-state index contributed by atoms with van der Waals surface area (Å²) in [5, 5.41) is 28.0. The lowest BCUT2D eigenvalue weighted by Gasteiger charge is -2.18. The minimum Gasteiger partial charge on any atom is -0.389 e. The average Bonchev–Trinajstić information content (AvgIpc) is 2.42. The van der Waals surface area contributed by atoms with Crippen LogP contribution in [-0.2, 0) is 4.74 Å². The topological polar surface area (TPSA) is 73.2 Å². The lowest BCUT2D eigenvalue weighted by molar-refractivity contribution is 0.0229. The van der Waals surface area contributed by atoms with Crippen LogP contribution in [0.3, 0.4) is 0 Å². The minimum atomic E-state index is -0.686. The van der Waals surface area contributed by atoms with E-state index in [1.54, 1.807) is 0 Å². The van der Waals surface area contributed by atoms with Crippen LogP contribution in [0.1, 0.15) is 6.92 Å². The molecule has 1 fully saturated rings. The van der Waals surface area contributed by atoms with Crippen LogP contribution in [0.15, 0.2) is 0 Å². The van der Waals surface area contributed by atoms with Crippen molar-refractivity contribution < 1.29 is 20.1 Å². The highest BCUT2D eigenvalue weighted by Crippen LogP contribution is 2.10. The molecule has 1 heterocycles. The number of aliphatic hydroxyl groups excluding tert-OH is 3. The maximum atomic E-state index is 9.48. The summed E-state index contributed by atoms with van der Waals surface area (Å²) >= 11 is 0. The Labute approximate surface area is 83.9 Å². The van der Waals surface area contributed by atoms with Crippen LogP contribution in [0.2, 0.25) is 0 Å². The predicted molar refractivity (Wildman–Crippen MR) is 51.0 cm³/mol. The van der Waals surface area contributed by atoms with Gasteiger partial charge in [0.1, 0.15) is 0 Å². The Bertz CT molecular complexity index is 157. The number of aliphatic hydroxyl groups is 3. The molecule has 0 aromatic carbocycles. The van der Waals surface area contributed by atoms with Crippen molar-refractivity contribution in [2.75, 3.05) is 32.8 Å². The summed E-state index contributed by atoms with van der Waals surface area (Å²) in [6, 6.07) is 0. The lowest BCUT2D eigenvalue weighted by Crippen LogP contribution is -2.34. The van der Waals surface area contributed by atoms with E-state index < -0.39 is 18.3 Å². The van der Waals surface area contributed by atoms with Crippen molar-refractivity contribution in [2.45, 2.75) is 25.2 Å². The van der Waals surface area contributed by atoms with Crippen LogP contribution in [0.25, 0.3) is 0 Å². The van der Waals surface area contributed by atoms with Gasteiger partial charge in [0.05, 0.1) is 24.9 Å². The number of ether oxygens (including phenoxy) is 1. The van der Waals surface area contributed by atoms with Gasteiger partial charge in [-0.2, -0.15) is 0 Å². The third-order valence-electron chi connectivity index (χ3n) is 2.32. The summed E-state index contributed by atoms with van der Waals surface area (Å²) < 4.78 is 5.06. The van der Waals surface area contributed by atoms with Gasteiger partial charge in [0, 0.05) is 26.2 Å². The predicted octanol–water partition coefficient (Wildman–Crippen LogP) is -1.58. The Hall–Kier alpha value is -0.200. The first-order chi connectivity index (χ1) is 6.63. The second-order valence-corrected chi connectivity index (χ2v) is 3.67. The molecule has 0 bridgehead atoms. The Morgan fingerprint density at radius 2 is 1.93 bits per heavy atom. The number of β-amino-alcohol motifs (C(OH)–C–C–N with tert-alkyl or cyclic N) is 3. The maximum Gasteiger partial charge on any atom is 0.0938 e. The van der Waals surface area contributed by atoms with Crippen molar-refractivity contribution in [2.24, 2.45) is 0 Å². The Balaban J connectivity index is 2.18. The summed E-state index contributed by atoms with van der Waals surface area (Å²) in [5.41, 5.74) is 0. The average molecular weight is 205 g/mol. The van der Waals surface area contributed by atoms with Crippen LogP contribution >= 0.6 is 0 Å². The fraction of sp³-hybridized carbons (Fsp3) is 1.00. The highest BCUT2D eigenvalue weighted by molar-refractivity contribution is 4.84. The normalized spacial score (nSPS) is 30.9. The van der Waals surface area contributed by atoms with Crippen LogP contribution in [-0.4, -0.2) is 71.4 Å². The van der Waals surface area contributed by atoms with E-state index in [4.69, 9.17) is 4.74 Å². The van der Waals surface area contributed by atoms with Gasteiger partial charge in [-0.05, 0) is 6.92 Å². The van der Waals surface area contributed by atoms with Gasteiger partial charge in [0.25, 0.3) is 0 Å². The SMILES string of the molecule is CCOCC(O)CN1CC(O)C(O)C1. The van der Waals surface area contributed by atoms with Gasteiger partial charge in [-0.1, -0.05) is 0 Å². The summed E-state index contributed by atoms with van der Waals surface area (Å²) in [6.45, 7) is 4.04. The molecule has 14 heavy (non-hydrogen) atoms. The first kappa shape index (κ1) is 11.9. The van der Waals surface area contributed by atoms with E-state index >= 15 is 0 Å². The fourth-order valence-corrected chi connectivity index (χ4v) is 1.60. The molecule has 1 rings (SSSR count). The van der Waals surface area contributed by atoms with Gasteiger partial charge in [-0.15, -0.1) is 0 Å². The molecule has 3 N–H and O–H groups in total. The molecule has 0 aromatic heterocycles. The van der Waals surface area contributed by atoms with Crippen LogP contribution in [0, 0.1) is 0 Å². The third kappa shape index (κ3) is 3.51. The van der Waals surface area contributed by atoms with E-state index in [2.05, 4.69) is 0 Å². The zero-order chi connectivity index (χ0) is 10.6. The van der Waals surface area contributed by atoms with Gasteiger partial charge in [0.2, 0.25) is 0 Å². The molecule has 84 valence electrons. The van der Waals surface area contributed by atoms with E-state index in [9.17, 15) is 15.3 Å². The number of rotatable bonds is 5. The molecule has 5 nitrogen and oxygen atoms in total. The molecule has 1 saturated heterocycles. The van der Waals surface area contributed by atoms with Gasteiger partial charge in [0.15, 0.2) is 0 Å². The van der Waals surface area contributed by atoms with Crippen molar-refractivity contribution in [1.29, 1.82) is 0 Å². The van der Waals surface area contributed by atoms with Crippen LogP contribution in [0.5, 0.6) is 0 Å². The number of likely N-dealkylation sites (tertiary alicyclic amines) is 1. The highest BCUT2D eigenvalue weighted by Gasteiger charge is 2.30. The molecule has 1 aliphatic rings. The molecule has 0 saturated carbocycles. The fourth-order valence-electron chi connectivity index (χ4n) is 1.60. The van der Waals surface area contributed by atoms with Gasteiger partial charge in [-0.3, -0.25) is 4.90 Å². The molecule has 3 atom stereocenters. The Kier molecular flexibility index (Phi) is 4.77. The smallest absolute Gasteiger partial charge is 0.0938 e. The molecule has 0 radical (unpaired) electrons. The maximum absolute atomic E-state index is 9.48. The summed E-state index contributed by atoms with van der Waals surface area (Å²) in [7, 11) is 0. The molecule has 0 aliphatic carbocycles. The molecule has 1 aliphatic heterocycles. The van der Waals surface area contributed by atoms with Gasteiger partial charge in [-0.25, -0.2) is 0 Å². The molecule has 0 spiro atoms. The third-order valence-corrected chi connectivity index (χ3v) is 2.32. The number of hydrogen-bond donors (Lipinski definition) is 3. The number of hydrogen-bond acceptors (Lipinski definition) is 5. The Morgan fingerprint density at radius 1 is 1.36 bits per heavy atom. The van der Waals surface area contributed by atoms with E-state index in [0.717, 1.165) is 0 Å². The summed E-state index contributed by atoms with van der Waals surface area (Å²) in [6.07, 6.45) is -1.92. The van der Waals surface area contributed by atoms with Crippen molar-refractivity contribution in [3.63, 3.8) is 0 Å². The monoisotopic (exact) mass is 205 g/mol. The first-order valence-corrected chi connectivity index (χ1v) is 4.97. The van der Waals surface area contributed by atoms with E-state index in [1.807, 2.05) is 11.8 Å². The minimum absolute atomic E-state index is 0.305. The van der Waals surface area contributed by atoms with Gasteiger partial charge < -0.3 is 20.1 Å². The molecular weight excluding hydrogens is 186 g/mol. The van der Waals surface area contributed by atoms with Crippen molar-refractivity contribution in [3.05, 3.63) is 0 Å². The largest absolute Gasteiger partial charge is 0.389 e. The quantitative estimate of drug-likeness (QED) is 0.505. The summed E-state index contributed by atoms with van der Waals surface area (Å²) in [4.78, 5) is 1.83. The number of nitrogens with zero attached hydrogens (tertiary/aromatic N) is 1. The second kappa shape index (κ2) is 5.63. The molecule has 0 aromatic rings. The van der Waals surface area contributed by atoms with Crippen LogP contribution < -0.4 is 0 Å². The van der Waals surface area contributed by atoms with Crippen molar-refractivity contribution >= 4 is 0 Å².